The molecule has 0 bridgehead atoms. The Balaban J connectivity index is 2.60. The van der Waals surface area contributed by atoms with Gasteiger partial charge >= 0.3 is 0 Å². The van der Waals surface area contributed by atoms with Gasteiger partial charge in [-0.3, -0.25) is 4.79 Å². The van der Waals surface area contributed by atoms with Gasteiger partial charge in [-0.05, 0) is 55.5 Å². The number of carboxylic acid groups (broad SMARTS) is 1. The Kier molecular flexibility index (Phi) is 7.75. The van der Waals surface area contributed by atoms with Crippen LogP contribution in [0.2, 0.25) is 0 Å². The van der Waals surface area contributed by atoms with Gasteiger partial charge in [-0.15, -0.1) is 0 Å². The summed E-state index contributed by atoms with van der Waals surface area (Å²) in [5, 5.41) is 13.4. The minimum atomic E-state index is -1.28. The van der Waals surface area contributed by atoms with Crippen molar-refractivity contribution in [3.8, 4) is 5.75 Å². The maximum atomic E-state index is 11.8. The zero-order chi connectivity index (χ0) is 16.7. The molecule has 0 saturated heterocycles. The SMILES string of the molecule is CSCC[C@H](NC(=O)COc1c(C)cc(Br)cc1C)C(=O)[O-]. The minimum Gasteiger partial charge on any atom is -0.548 e. The smallest absolute Gasteiger partial charge is 0.258 e. The first kappa shape index (κ1) is 18.8. The first-order valence-electron chi connectivity index (χ1n) is 6.73. The molecule has 1 atom stereocenters. The van der Waals surface area contributed by atoms with E-state index in [-0.39, 0.29) is 6.61 Å². The molecular weight excluding hydrogens is 370 g/mol. The third-order valence-corrected chi connectivity index (χ3v) is 4.10. The lowest BCUT2D eigenvalue weighted by molar-refractivity contribution is -0.308. The molecule has 1 aromatic carbocycles. The molecule has 0 aliphatic carbocycles. The number of benzene rings is 1. The summed E-state index contributed by atoms with van der Waals surface area (Å²) in [5.74, 6) is -0.493. The summed E-state index contributed by atoms with van der Waals surface area (Å²) in [4.78, 5) is 22.8. The molecule has 0 unspecified atom stereocenters. The standard InChI is InChI=1S/C15H20BrNO4S/c1-9-6-11(16)7-10(2)14(9)21-8-13(18)17-12(15(19)20)4-5-22-3/h6-7,12H,4-5,8H2,1-3H3,(H,17,18)(H,19,20)/p-1/t12-/m0/s1. The highest BCUT2D eigenvalue weighted by Gasteiger charge is 2.14. The number of nitrogens with one attached hydrogen (secondary N) is 1. The van der Waals surface area contributed by atoms with Crippen molar-refractivity contribution >= 4 is 39.6 Å². The van der Waals surface area contributed by atoms with E-state index in [4.69, 9.17) is 4.74 Å². The molecule has 0 aromatic heterocycles. The molecule has 1 N–H and O–H groups in total. The van der Waals surface area contributed by atoms with Crippen LogP contribution < -0.4 is 15.2 Å². The largest absolute Gasteiger partial charge is 0.548 e. The van der Waals surface area contributed by atoms with Crippen molar-refractivity contribution < 1.29 is 19.4 Å². The highest BCUT2D eigenvalue weighted by Crippen LogP contribution is 2.27. The van der Waals surface area contributed by atoms with Crippen molar-refractivity contribution in [2.45, 2.75) is 26.3 Å². The van der Waals surface area contributed by atoms with Crippen LogP contribution in [0.4, 0.5) is 0 Å². The van der Waals surface area contributed by atoms with Crippen molar-refractivity contribution in [2.75, 3.05) is 18.6 Å². The van der Waals surface area contributed by atoms with E-state index < -0.39 is 17.9 Å². The second kappa shape index (κ2) is 9.05. The van der Waals surface area contributed by atoms with Gasteiger partial charge in [0.25, 0.3) is 5.91 Å². The Morgan fingerprint density at radius 1 is 1.36 bits per heavy atom. The molecule has 1 rings (SSSR count). The van der Waals surface area contributed by atoms with E-state index in [1.165, 1.54) is 11.8 Å². The van der Waals surface area contributed by atoms with Crippen LogP contribution in [-0.4, -0.2) is 36.5 Å². The summed E-state index contributed by atoms with van der Waals surface area (Å²) >= 11 is 4.90. The maximum Gasteiger partial charge on any atom is 0.258 e. The molecule has 0 aliphatic rings. The Hall–Kier alpha value is -1.21. The molecule has 0 fully saturated rings. The number of carbonyl (C=O) groups excluding carboxylic acids is 2. The normalized spacial score (nSPS) is 11.8. The molecule has 7 heteroatoms. The van der Waals surface area contributed by atoms with Gasteiger partial charge in [-0.1, -0.05) is 15.9 Å². The van der Waals surface area contributed by atoms with Gasteiger partial charge < -0.3 is 20.0 Å². The molecule has 1 aromatic rings. The van der Waals surface area contributed by atoms with E-state index in [0.29, 0.717) is 17.9 Å². The first-order chi connectivity index (χ1) is 10.3. The number of aryl methyl sites for hydroxylation is 2. The number of carboxylic acids is 1. The monoisotopic (exact) mass is 388 g/mol. The molecule has 1 amide bonds. The van der Waals surface area contributed by atoms with E-state index in [0.717, 1.165) is 15.6 Å². The highest BCUT2D eigenvalue weighted by molar-refractivity contribution is 9.10. The zero-order valence-corrected chi connectivity index (χ0v) is 15.2. The average Bonchev–Trinajstić information content (AvgIpc) is 2.41. The van der Waals surface area contributed by atoms with E-state index in [9.17, 15) is 14.7 Å². The van der Waals surface area contributed by atoms with Gasteiger partial charge in [-0.25, -0.2) is 0 Å². The molecule has 5 nitrogen and oxygen atoms in total. The number of thioether (sulfide) groups is 1. The lowest BCUT2D eigenvalue weighted by atomic mass is 10.1. The molecule has 0 radical (unpaired) electrons. The van der Waals surface area contributed by atoms with Gasteiger partial charge in [0.1, 0.15) is 5.75 Å². The number of ether oxygens (including phenoxy) is 1. The zero-order valence-electron chi connectivity index (χ0n) is 12.8. The lowest BCUT2D eigenvalue weighted by Crippen LogP contribution is -2.49. The number of amides is 1. The third kappa shape index (κ3) is 5.88. The van der Waals surface area contributed by atoms with E-state index >= 15 is 0 Å². The van der Waals surface area contributed by atoms with Crippen molar-refractivity contribution in [3.63, 3.8) is 0 Å². The van der Waals surface area contributed by atoms with Gasteiger partial charge in [-0.2, -0.15) is 11.8 Å². The van der Waals surface area contributed by atoms with Crippen LogP contribution >= 0.6 is 27.7 Å². The van der Waals surface area contributed by atoms with E-state index in [2.05, 4.69) is 21.2 Å². The van der Waals surface area contributed by atoms with Gasteiger partial charge in [0.2, 0.25) is 0 Å². The van der Waals surface area contributed by atoms with Crippen molar-refractivity contribution in [3.05, 3.63) is 27.7 Å². The fourth-order valence-corrected chi connectivity index (χ4v) is 3.14. The highest BCUT2D eigenvalue weighted by atomic mass is 79.9. The molecule has 0 spiro atoms. The van der Waals surface area contributed by atoms with Crippen LogP contribution in [-0.2, 0) is 9.59 Å². The Bertz CT molecular complexity index is 527. The van der Waals surface area contributed by atoms with Gasteiger partial charge in [0, 0.05) is 4.47 Å². The molecule has 0 heterocycles. The minimum absolute atomic E-state index is 0.230. The van der Waals surface area contributed by atoms with Gasteiger partial charge in [0.05, 0.1) is 12.0 Å². The average molecular weight is 389 g/mol. The quantitative estimate of drug-likeness (QED) is 0.728. The lowest BCUT2D eigenvalue weighted by Gasteiger charge is -2.20. The molecular formula is C15H19BrNO4S-. The first-order valence-corrected chi connectivity index (χ1v) is 8.92. The Morgan fingerprint density at radius 2 is 1.95 bits per heavy atom. The van der Waals surface area contributed by atoms with Crippen molar-refractivity contribution in [1.82, 2.24) is 5.32 Å². The topological polar surface area (TPSA) is 78.5 Å². The second-order valence-corrected chi connectivity index (χ2v) is 6.78. The van der Waals surface area contributed by atoms with Gasteiger partial charge in [0.15, 0.2) is 6.61 Å². The summed E-state index contributed by atoms with van der Waals surface area (Å²) in [6.45, 7) is 3.53. The fourth-order valence-electron chi connectivity index (χ4n) is 1.98. The Labute approximate surface area is 142 Å². The third-order valence-electron chi connectivity index (χ3n) is 3.00. The molecule has 0 saturated carbocycles. The fraction of sp³-hybridized carbons (Fsp3) is 0.467. The van der Waals surface area contributed by atoms with Crippen LogP contribution in [0.15, 0.2) is 16.6 Å². The summed E-state index contributed by atoms with van der Waals surface area (Å²) in [7, 11) is 0. The number of carbonyl (C=O) groups is 2. The van der Waals surface area contributed by atoms with Crippen molar-refractivity contribution in [1.29, 1.82) is 0 Å². The molecule has 122 valence electrons. The summed E-state index contributed by atoms with van der Waals surface area (Å²) in [6.07, 6.45) is 2.20. The Morgan fingerprint density at radius 3 is 2.45 bits per heavy atom. The number of aliphatic carboxylic acids is 1. The number of hydrogen-bond donors (Lipinski definition) is 1. The maximum absolute atomic E-state index is 11.8. The summed E-state index contributed by atoms with van der Waals surface area (Å²) in [6, 6.07) is 2.79. The van der Waals surface area contributed by atoms with Crippen LogP contribution in [0.25, 0.3) is 0 Å². The van der Waals surface area contributed by atoms with E-state index in [1.54, 1.807) is 0 Å². The predicted molar refractivity (Wildman–Crippen MR) is 89.0 cm³/mol. The van der Waals surface area contributed by atoms with Crippen molar-refractivity contribution in [2.24, 2.45) is 0 Å². The number of halogens is 1. The summed E-state index contributed by atoms with van der Waals surface area (Å²) < 4.78 is 6.46. The van der Waals surface area contributed by atoms with Crippen LogP contribution in [0.1, 0.15) is 17.5 Å². The molecule has 0 aliphatic heterocycles. The van der Waals surface area contributed by atoms with Crippen LogP contribution in [0.5, 0.6) is 5.75 Å². The van der Waals surface area contributed by atoms with E-state index in [1.807, 2.05) is 32.2 Å². The second-order valence-electron chi connectivity index (χ2n) is 4.88. The van der Waals surface area contributed by atoms with Crippen LogP contribution in [0.3, 0.4) is 0 Å². The summed E-state index contributed by atoms with van der Waals surface area (Å²) in [5.41, 5.74) is 1.80. The number of hydrogen-bond acceptors (Lipinski definition) is 5. The van der Waals surface area contributed by atoms with Crippen LogP contribution in [0, 0.1) is 13.8 Å². The predicted octanol–water partition coefficient (Wildman–Crippen LogP) is 1.43. The number of rotatable bonds is 8. The molecule has 22 heavy (non-hydrogen) atoms.